The van der Waals surface area contributed by atoms with Crippen LogP contribution in [0, 0.1) is 11.3 Å². The van der Waals surface area contributed by atoms with E-state index in [4.69, 9.17) is 14.3 Å². The van der Waals surface area contributed by atoms with Crippen LogP contribution in [0.25, 0.3) is 0 Å². The molecule has 1 aliphatic heterocycles. The molecule has 0 amide bonds. The summed E-state index contributed by atoms with van der Waals surface area (Å²) in [4.78, 5) is 31.7. The summed E-state index contributed by atoms with van der Waals surface area (Å²) in [6.45, 7) is 14.6. The van der Waals surface area contributed by atoms with Gasteiger partial charge in [-0.2, -0.15) is 5.06 Å². The predicted molar refractivity (Wildman–Crippen MR) is 120 cm³/mol. The summed E-state index contributed by atoms with van der Waals surface area (Å²) >= 11 is 0. The third-order valence-corrected chi connectivity index (χ3v) is 6.75. The summed E-state index contributed by atoms with van der Waals surface area (Å²) in [5.74, 6) is -1.30. The lowest BCUT2D eigenvalue weighted by Crippen LogP contribution is -2.49. The summed E-state index contributed by atoms with van der Waals surface area (Å²) in [7, 11) is 2.72. The minimum absolute atomic E-state index is 0.0675. The van der Waals surface area contributed by atoms with Gasteiger partial charge in [0.15, 0.2) is 6.10 Å². The number of carbonyl (C=O) groups is 2. The largest absolute Gasteiger partial charge is 0.469 e. The van der Waals surface area contributed by atoms with E-state index < -0.39 is 29.1 Å². The summed E-state index contributed by atoms with van der Waals surface area (Å²) in [6.07, 6.45) is 0.780. The molecule has 1 aliphatic rings. The number of hydrogen-bond donors (Lipinski definition) is 0. The van der Waals surface area contributed by atoms with Crippen LogP contribution >= 0.6 is 0 Å². The van der Waals surface area contributed by atoms with Gasteiger partial charge in [-0.3, -0.25) is 9.63 Å². The van der Waals surface area contributed by atoms with E-state index in [2.05, 4.69) is 60.6 Å². The molecule has 0 aromatic heterocycles. The second-order valence-electron chi connectivity index (χ2n) is 10.3. The molecule has 0 saturated heterocycles. The molecule has 0 saturated carbocycles. The van der Waals surface area contributed by atoms with Gasteiger partial charge < -0.3 is 9.47 Å². The zero-order valence-electron chi connectivity index (χ0n) is 20.6. The molecule has 0 spiro atoms. The Labute approximate surface area is 187 Å². The van der Waals surface area contributed by atoms with E-state index in [1.165, 1.54) is 14.2 Å². The van der Waals surface area contributed by atoms with Crippen molar-refractivity contribution in [3.8, 4) is 0 Å². The molecule has 2 rings (SSSR count). The standard InChI is InChI=1S/C25H39NO5/c1-10-23(2,3)16-17(21(27)29-8)15-20(22(28)30-9)31-26-24(4,5)18-13-11-12-14-19(18)25(26,6)7/h11-14,17,20H,10,15-16H2,1-9H3. The minimum atomic E-state index is -0.922. The third-order valence-electron chi connectivity index (χ3n) is 6.75. The molecule has 2 atom stereocenters. The van der Waals surface area contributed by atoms with Crippen molar-refractivity contribution in [3.63, 3.8) is 0 Å². The van der Waals surface area contributed by atoms with Gasteiger partial charge in [0.05, 0.1) is 31.2 Å². The number of carbonyl (C=O) groups excluding carboxylic acids is 2. The van der Waals surface area contributed by atoms with Gasteiger partial charge in [-0.25, -0.2) is 4.79 Å². The number of ether oxygens (including phenoxy) is 2. The monoisotopic (exact) mass is 433 g/mol. The number of methoxy groups -OCH3 is 2. The maximum absolute atomic E-state index is 12.8. The summed E-state index contributed by atoms with van der Waals surface area (Å²) in [5.41, 5.74) is 1.31. The Morgan fingerprint density at radius 1 is 0.968 bits per heavy atom. The lowest BCUT2D eigenvalue weighted by molar-refractivity contribution is -0.288. The number of fused-ring (bicyclic) bond motifs is 1. The highest BCUT2D eigenvalue weighted by atomic mass is 16.7. The fourth-order valence-electron chi connectivity index (χ4n) is 4.67. The van der Waals surface area contributed by atoms with Crippen molar-refractivity contribution >= 4 is 11.9 Å². The van der Waals surface area contributed by atoms with Crippen LogP contribution in [0.5, 0.6) is 0 Å². The van der Waals surface area contributed by atoms with Crippen molar-refractivity contribution in [3.05, 3.63) is 35.4 Å². The SMILES string of the molecule is CCC(C)(C)CC(CC(ON1C(C)(C)c2ccccc2C1(C)C)C(=O)OC)C(=O)OC. The maximum atomic E-state index is 12.8. The molecule has 0 N–H and O–H groups in total. The first-order valence-electron chi connectivity index (χ1n) is 11.0. The number of rotatable bonds is 9. The molecule has 174 valence electrons. The maximum Gasteiger partial charge on any atom is 0.337 e. The van der Waals surface area contributed by atoms with Crippen LogP contribution in [-0.2, 0) is 35.0 Å². The Balaban J connectivity index is 2.37. The van der Waals surface area contributed by atoms with Gasteiger partial charge in [-0.05, 0) is 57.1 Å². The highest BCUT2D eigenvalue weighted by Gasteiger charge is 2.51. The second-order valence-corrected chi connectivity index (χ2v) is 10.3. The predicted octanol–water partition coefficient (Wildman–Crippen LogP) is 4.95. The van der Waals surface area contributed by atoms with Crippen molar-refractivity contribution in [1.29, 1.82) is 0 Å². The lowest BCUT2D eigenvalue weighted by atomic mass is 9.79. The number of esters is 2. The van der Waals surface area contributed by atoms with E-state index in [1.54, 1.807) is 0 Å². The third kappa shape index (κ3) is 5.12. The van der Waals surface area contributed by atoms with E-state index in [0.717, 1.165) is 17.5 Å². The van der Waals surface area contributed by atoms with Gasteiger partial charge >= 0.3 is 11.9 Å². The average Bonchev–Trinajstić information content (AvgIpc) is 2.88. The Hall–Kier alpha value is -1.92. The number of benzene rings is 1. The lowest BCUT2D eigenvalue weighted by Gasteiger charge is -2.41. The first-order chi connectivity index (χ1) is 14.3. The molecule has 2 unspecified atom stereocenters. The summed E-state index contributed by atoms with van der Waals surface area (Å²) in [6, 6.07) is 8.21. The number of hydroxylamine groups is 2. The average molecular weight is 434 g/mol. The minimum Gasteiger partial charge on any atom is -0.469 e. The molecule has 0 radical (unpaired) electrons. The summed E-state index contributed by atoms with van der Waals surface area (Å²) < 4.78 is 10.1. The second kappa shape index (κ2) is 9.29. The van der Waals surface area contributed by atoms with Crippen LogP contribution in [0.15, 0.2) is 24.3 Å². The van der Waals surface area contributed by atoms with Crippen LogP contribution in [0.1, 0.15) is 78.9 Å². The highest BCUT2D eigenvalue weighted by Crippen LogP contribution is 2.50. The van der Waals surface area contributed by atoms with Crippen molar-refractivity contribution in [2.75, 3.05) is 14.2 Å². The fourth-order valence-corrected chi connectivity index (χ4v) is 4.67. The van der Waals surface area contributed by atoms with Gasteiger partial charge in [0.2, 0.25) is 0 Å². The molecule has 6 heteroatoms. The van der Waals surface area contributed by atoms with E-state index in [-0.39, 0.29) is 17.8 Å². The molecule has 0 bridgehead atoms. The Bertz CT molecular complexity index is 764. The molecule has 31 heavy (non-hydrogen) atoms. The molecule has 6 nitrogen and oxygen atoms in total. The Morgan fingerprint density at radius 2 is 1.45 bits per heavy atom. The molecule has 1 aromatic rings. The topological polar surface area (TPSA) is 65.1 Å². The van der Waals surface area contributed by atoms with Crippen LogP contribution in [0.3, 0.4) is 0 Å². The van der Waals surface area contributed by atoms with E-state index in [0.29, 0.717) is 6.42 Å². The van der Waals surface area contributed by atoms with Crippen molar-refractivity contribution in [2.45, 2.75) is 84.9 Å². The summed E-state index contributed by atoms with van der Waals surface area (Å²) in [5, 5.41) is 1.88. The van der Waals surface area contributed by atoms with Crippen molar-refractivity contribution < 1.29 is 23.9 Å². The highest BCUT2D eigenvalue weighted by molar-refractivity contribution is 5.77. The van der Waals surface area contributed by atoms with Crippen LogP contribution in [-0.4, -0.2) is 37.3 Å². The molecular weight excluding hydrogens is 394 g/mol. The van der Waals surface area contributed by atoms with Gasteiger partial charge in [-0.15, -0.1) is 0 Å². The van der Waals surface area contributed by atoms with Crippen molar-refractivity contribution in [2.24, 2.45) is 11.3 Å². The van der Waals surface area contributed by atoms with Crippen molar-refractivity contribution in [1.82, 2.24) is 5.06 Å². The Kier molecular flexibility index (Phi) is 7.59. The van der Waals surface area contributed by atoms with Crippen LogP contribution < -0.4 is 0 Å². The zero-order valence-corrected chi connectivity index (χ0v) is 20.6. The fraction of sp³-hybridized carbons (Fsp3) is 0.680. The van der Waals surface area contributed by atoms with E-state index in [1.807, 2.05) is 17.2 Å². The van der Waals surface area contributed by atoms with Gasteiger partial charge in [-0.1, -0.05) is 51.5 Å². The molecular formula is C25H39NO5. The van der Waals surface area contributed by atoms with Gasteiger partial charge in [0.25, 0.3) is 0 Å². The molecule has 1 heterocycles. The van der Waals surface area contributed by atoms with Gasteiger partial charge in [0, 0.05) is 0 Å². The normalized spacial score (nSPS) is 19.4. The van der Waals surface area contributed by atoms with E-state index in [9.17, 15) is 9.59 Å². The van der Waals surface area contributed by atoms with E-state index >= 15 is 0 Å². The van der Waals surface area contributed by atoms with Crippen LogP contribution in [0.4, 0.5) is 0 Å². The Morgan fingerprint density at radius 3 is 1.87 bits per heavy atom. The smallest absolute Gasteiger partial charge is 0.337 e. The molecule has 0 aliphatic carbocycles. The first-order valence-corrected chi connectivity index (χ1v) is 11.0. The quantitative estimate of drug-likeness (QED) is 0.513. The number of hydrogen-bond acceptors (Lipinski definition) is 6. The molecule has 1 aromatic carbocycles. The van der Waals surface area contributed by atoms with Gasteiger partial charge in [0.1, 0.15) is 0 Å². The first kappa shape index (κ1) is 25.3. The molecule has 0 fully saturated rings. The zero-order chi connectivity index (χ0) is 23.6. The number of nitrogens with zero attached hydrogens (tertiary/aromatic N) is 1. The van der Waals surface area contributed by atoms with Crippen LogP contribution in [0.2, 0.25) is 0 Å².